The van der Waals surface area contributed by atoms with Crippen molar-refractivity contribution in [3.63, 3.8) is 0 Å². The molecule has 0 spiro atoms. The van der Waals surface area contributed by atoms with Crippen LogP contribution in [0.5, 0.6) is 5.75 Å². The standard InChI is InChI=1S/C86H107N7O15/c1-5-49-88-83(103)58(4)52-74(96)71(34-22-23-50-89-85(105)68-32-16-15-31-67(68)82-69-33-17-19-36-76(69)108-77-56-65(45-46-70(77)82)93(6-2)7-3)91-79(99)38-21-18-35-73(95)62-41-39-61(40-42-62)57-90-84(104)64(53-59-25-10-8-11-26-59)55-75(97)72(54-60-27-12-9-13-28-60)92-80(100)37-20-14-29-66(94)30-24-51-87-78(98)47-43-63(86(106)107)44-48-81(101)102/h8-13,15-17,25-28,31-33,36,39-42,45-46,56,58,63-64,71-72H,5-7,14,18-24,29-30,34-35,37-38,43-44,47-55,57H2,1-4H3,(H,87,98)(H,88,103)(H,89,105)(H,90,104)(H,91,99)(H,92,100)(H,101,102)(H,106,107)/t58-,63+,64-,71?,72?/m1/s1. The number of carboxylic acid groups (broad SMARTS) is 2. The smallest absolute Gasteiger partial charge is 0.306 e. The Bertz CT molecular complexity index is 4000. The van der Waals surface area contributed by atoms with Crippen LogP contribution in [0.15, 0.2) is 157 Å². The van der Waals surface area contributed by atoms with Gasteiger partial charge in [0.15, 0.2) is 17.3 Å². The molecule has 0 saturated carbocycles. The highest BCUT2D eigenvalue weighted by molar-refractivity contribution is 6.04. The number of carbonyl (C=O) groups excluding carboxylic acids is 10. The molecule has 22 nitrogen and oxygen atoms in total. The second-order valence-corrected chi connectivity index (χ2v) is 27.8. The maximum Gasteiger partial charge on any atom is 0.306 e. The molecule has 1 aliphatic carbocycles. The van der Waals surface area contributed by atoms with Crippen LogP contribution in [0.3, 0.4) is 0 Å². The number of rotatable bonds is 50. The molecule has 6 amide bonds. The van der Waals surface area contributed by atoms with Gasteiger partial charge >= 0.3 is 11.9 Å². The first-order valence-corrected chi connectivity index (χ1v) is 38.3. The number of carbonyl (C=O) groups is 12. The summed E-state index contributed by atoms with van der Waals surface area (Å²) >= 11 is 0. The predicted octanol–water partition coefficient (Wildman–Crippen LogP) is 12.1. The van der Waals surface area contributed by atoms with Gasteiger partial charge in [-0.05, 0) is 150 Å². The number of anilines is 1. The zero-order valence-corrected chi connectivity index (χ0v) is 62.9. The van der Waals surface area contributed by atoms with Crippen molar-refractivity contribution in [3.05, 3.63) is 196 Å². The largest absolute Gasteiger partial charge is 0.481 e. The van der Waals surface area contributed by atoms with Gasteiger partial charge in [-0.3, -0.25) is 57.5 Å². The minimum absolute atomic E-state index is 0.00166. The number of allylic oxidation sites excluding steroid dienone is 3. The van der Waals surface area contributed by atoms with Crippen molar-refractivity contribution in [2.75, 3.05) is 37.6 Å². The minimum Gasteiger partial charge on any atom is -0.481 e. The molecule has 2 unspecified atom stereocenters. The average Bonchev–Trinajstić information content (AvgIpc) is 0.750. The van der Waals surface area contributed by atoms with E-state index in [9.17, 15) is 62.6 Å². The third kappa shape index (κ3) is 27.9. The predicted molar refractivity (Wildman–Crippen MR) is 415 cm³/mol. The molecular formula is C86H107N7O15. The minimum atomic E-state index is -1.16. The van der Waals surface area contributed by atoms with E-state index in [1.807, 2.05) is 91.9 Å². The topological polar surface area (TPSA) is 330 Å². The molecule has 0 bridgehead atoms. The molecule has 2 aliphatic rings. The molecule has 576 valence electrons. The molecule has 1 aliphatic heterocycles. The number of Topliss-reactive ketones (excluding diaryl/α,β-unsaturated/α-hetero) is 4. The molecule has 1 heterocycles. The molecule has 0 aromatic heterocycles. The fourth-order valence-electron chi connectivity index (χ4n) is 13.3. The summed E-state index contributed by atoms with van der Waals surface area (Å²) in [6.45, 7) is 10.6. The van der Waals surface area contributed by atoms with Crippen molar-refractivity contribution in [1.82, 2.24) is 31.9 Å². The monoisotopic (exact) mass is 1480 g/mol. The molecule has 0 fully saturated rings. The molecule has 5 aromatic rings. The van der Waals surface area contributed by atoms with E-state index in [1.54, 1.807) is 31.2 Å². The number of carboxylic acids is 2. The Morgan fingerprint density at radius 1 is 0.519 bits per heavy atom. The Kier molecular flexibility index (Phi) is 35.4. The Morgan fingerprint density at radius 2 is 1.14 bits per heavy atom. The number of nitrogens with one attached hydrogen (secondary N) is 6. The number of ketones is 4. The van der Waals surface area contributed by atoms with Crippen molar-refractivity contribution in [2.24, 2.45) is 17.8 Å². The number of benzene rings is 5. The first-order chi connectivity index (χ1) is 52.1. The summed E-state index contributed by atoms with van der Waals surface area (Å²) in [6, 6.07) is 37.3. The summed E-state index contributed by atoms with van der Waals surface area (Å²) in [5.74, 6) is -5.97. The molecular weight excluding hydrogens is 1370 g/mol. The van der Waals surface area contributed by atoms with Crippen LogP contribution in [0.2, 0.25) is 0 Å². The fraction of sp³-hybridized carbons (Fsp3) is 0.442. The van der Waals surface area contributed by atoms with Crippen LogP contribution < -0.4 is 41.5 Å². The van der Waals surface area contributed by atoms with Gasteiger partial charge in [0.1, 0.15) is 17.3 Å². The zero-order chi connectivity index (χ0) is 77.7. The van der Waals surface area contributed by atoms with Crippen molar-refractivity contribution in [1.29, 1.82) is 0 Å². The summed E-state index contributed by atoms with van der Waals surface area (Å²) in [4.78, 5) is 160. The molecule has 0 radical (unpaired) electrons. The van der Waals surface area contributed by atoms with Crippen LogP contribution in [0.25, 0.3) is 5.57 Å². The van der Waals surface area contributed by atoms with E-state index in [0.717, 1.165) is 76.5 Å². The lowest BCUT2D eigenvalue weighted by Gasteiger charge is -2.29. The summed E-state index contributed by atoms with van der Waals surface area (Å²) < 4.78 is 6.50. The molecule has 8 N–H and O–H groups in total. The number of ether oxygens (including phenoxy) is 1. The molecule has 22 heteroatoms. The Morgan fingerprint density at radius 3 is 1.81 bits per heavy atom. The summed E-state index contributed by atoms with van der Waals surface area (Å²) in [5, 5.41) is 35.7. The zero-order valence-electron chi connectivity index (χ0n) is 62.9. The van der Waals surface area contributed by atoms with E-state index in [0.29, 0.717) is 74.7 Å². The second kappa shape index (κ2) is 45.1. The van der Waals surface area contributed by atoms with Crippen LogP contribution in [0, 0.1) is 17.8 Å². The van der Waals surface area contributed by atoms with Crippen LogP contribution in [0.1, 0.15) is 211 Å². The van der Waals surface area contributed by atoms with E-state index in [2.05, 4.69) is 87.1 Å². The highest BCUT2D eigenvalue weighted by Gasteiger charge is 2.32. The molecule has 5 atom stereocenters. The first-order valence-electron chi connectivity index (χ1n) is 38.3. The number of amides is 6. The Hall–Kier alpha value is -10.6. The summed E-state index contributed by atoms with van der Waals surface area (Å²) in [7, 11) is 0. The summed E-state index contributed by atoms with van der Waals surface area (Å²) in [5.41, 5.74) is 7.82. The van der Waals surface area contributed by atoms with Crippen molar-refractivity contribution >= 4 is 81.8 Å². The van der Waals surface area contributed by atoms with Gasteiger partial charge in [-0.15, -0.1) is 0 Å². The van der Waals surface area contributed by atoms with Crippen LogP contribution >= 0.6 is 0 Å². The van der Waals surface area contributed by atoms with Crippen LogP contribution in [-0.4, -0.2) is 126 Å². The van der Waals surface area contributed by atoms with E-state index in [-0.39, 0.29) is 162 Å². The first kappa shape index (κ1) is 84.6. The third-order valence-electron chi connectivity index (χ3n) is 19.5. The van der Waals surface area contributed by atoms with Gasteiger partial charge in [-0.1, -0.05) is 129 Å². The highest BCUT2D eigenvalue weighted by Crippen LogP contribution is 2.45. The number of fused-ring (bicyclic) bond motifs is 2. The van der Waals surface area contributed by atoms with Crippen molar-refractivity contribution in [3.8, 4) is 5.75 Å². The Balaban J connectivity index is 0.866. The van der Waals surface area contributed by atoms with Gasteiger partial charge in [-0.2, -0.15) is 0 Å². The van der Waals surface area contributed by atoms with Gasteiger partial charge in [0.05, 0.1) is 18.0 Å². The maximum atomic E-state index is 14.4. The second-order valence-electron chi connectivity index (χ2n) is 27.8. The highest BCUT2D eigenvalue weighted by atomic mass is 16.5. The van der Waals surface area contributed by atoms with Crippen molar-refractivity contribution in [2.45, 2.75) is 194 Å². The van der Waals surface area contributed by atoms with E-state index >= 15 is 0 Å². The number of hydrogen-bond acceptors (Lipinski definition) is 14. The maximum absolute atomic E-state index is 14.4. The number of hydrogen-bond donors (Lipinski definition) is 8. The lowest BCUT2D eigenvalue weighted by atomic mass is 9.85. The summed E-state index contributed by atoms with van der Waals surface area (Å²) in [6.07, 6.45) is 11.2. The number of nitrogens with zero attached hydrogens (tertiary/aromatic N) is 1. The van der Waals surface area contributed by atoms with Crippen molar-refractivity contribution < 1.29 is 72.5 Å². The Labute approximate surface area is 634 Å². The molecule has 108 heavy (non-hydrogen) atoms. The third-order valence-corrected chi connectivity index (χ3v) is 19.5. The number of aliphatic carboxylic acids is 2. The SMILES string of the molecule is CCCNC(=O)[C@H](C)CC(=O)C(CCCCNC(=O)c1ccccc1C1=C2C=CCC=C2Oc2cc(N(CC)CC)ccc21)NC(=O)CCCCC(=O)c1ccc(CNC(=O)[C@@H](CC(=O)C(Cc2ccccc2)NC(=O)CCCCC(=O)CCCNC(=O)CC[C@@H](CCC(=O)O)C(=O)O)Cc2ccccc2)cc1. The van der Waals surface area contributed by atoms with E-state index < -0.39 is 41.8 Å². The number of unbranched alkanes of at least 4 members (excludes halogenated alkanes) is 3. The lowest BCUT2D eigenvalue weighted by molar-refractivity contribution is -0.143. The van der Waals surface area contributed by atoms with Gasteiger partial charge < -0.3 is 51.8 Å². The molecule has 7 rings (SSSR count). The normalized spacial score (nSPS) is 13.5. The average molecular weight is 1480 g/mol. The van der Waals surface area contributed by atoms with Crippen LogP contribution in [0.4, 0.5) is 5.69 Å². The molecule has 5 aromatic carbocycles. The fourth-order valence-corrected chi connectivity index (χ4v) is 13.3. The lowest BCUT2D eigenvalue weighted by Crippen LogP contribution is -2.44. The van der Waals surface area contributed by atoms with Gasteiger partial charge in [-0.25, -0.2) is 0 Å². The van der Waals surface area contributed by atoms with Gasteiger partial charge in [0.2, 0.25) is 29.5 Å². The molecule has 0 saturated heterocycles. The van der Waals surface area contributed by atoms with Gasteiger partial charge in [0, 0.05) is 148 Å². The van der Waals surface area contributed by atoms with E-state index in [1.165, 1.54) is 0 Å². The van der Waals surface area contributed by atoms with Gasteiger partial charge in [0.25, 0.3) is 5.91 Å². The quantitative estimate of drug-likeness (QED) is 0.0132. The van der Waals surface area contributed by atoms with E-state index in [4.69, 9.17) is 9.84 Å². The van der Waals surface area contributed by atoms with Crippen LogP contribution in [-0.2, 0) is 67.3 Å².